The summed E-state index contributed by atoms with van der Waals surface area (Å²) in [5.74, 6) is 3.04. The lowest BCUT2D eigenvalue weighted by Gasteiger charge is -2.11. The molecule has 0 spiro atoms. The lowest BCUT2D eigenvalue weighted by atomic mass is 10.0. The number of benzene rings is 2. The molecule has 166 valence electrons. The average Bonchev–Trinajstić information content (AvgIpc) is 3.25. The van der Waals surface area contributed by atoms with Gasteiger partial charge in [0, 0.05) is 35.8 Å². The second kappa shape index (κ2) is 7.58. The third-order valence-electron chi connectivity index (χ3n) is 6.50. The third kappa shape index (κ3) is 3.47. The molecule has 1 amide bonds. The number of hydrogen-bond acceptors (Lipinski definition) is 5. The Bertz CT molecular complexity index is 1360. The molecular formula is C25H25N7O. The Kier molecular flexibility index (Phi) is 4.53. The summed E-state index contributed by atoms with van der Waals surface area (Å²) in [6, 6.07) is 12.0. The van der Waals surface area contributed by atoms with E-state index in [0.29, 0.717) is 30.8 Å². The SMILES string of the molecule is CCn1nc(-c2ccc(-c3cnc(C4CC4)[nH]3)cc2)nc1Nc1ccc2c(c1C)CNC2=O. The molecule has 3 heterocycles. The Morgan fingerprint density at radius 3 is 2.67 bits per heavy atom. The molecule has 1 aliphatic heterocycles. The number of nitrogens with zero attached hydrogens (tertiary/aromatic N) is 4. The number of carbonyl (C=O) groups excluding carboxylic acids is 1. The molecule has 2 aliphatic rings. The molecule has 0 bridgehead atoms. The quantitative estimate of drug-likeness (QED) is 0.410. The van der Waals surface area contributed by atoms with Crippen LogP contribution in [0.2, 0.25) is 0 Å². The van der Waals surface area contributed by atoms with Crippen molar-refractivity contribution < 1.29 is 4.79 Å². The first-order valence-corrected chi connectivity index (χ1v) is 11.4. The molecule has 0 radical (unpaired) electrons. The van der Waals surface area contributed by atoms with E-state index in [1.807, 2.05) is 49.0 Å². The molecule has 0 atom stereocenters. The second-order valence-corrected chi connectivity index (χ2v) is 8.68. The van der Waals surface area contributed by atoms with Crippen LogP contribution < -0.4 is 10.6 Å². The Labute approximate surface area is 191 Å². The van der Waals surface area contributed by atoms with Crippen molar-refractivity contribution in [2.75, 3.05) is 5.32 Å². The van der Waals surface area contributed by atoms with E-state index < -0.39 is 0 Å². The summed E-state index contributed by atoms with van der Waals surface area (Å²) in [4.78, 5) is 24.7. The molecule has 3 N–H and O–H groups in total. The zero-order chi connectivity index (χ0) is 22.5. The highest BCUT2D eigenvalue weighted by Crippen LogP contribution is 2.39. The van der Waals surface area contributed by atoms with Gasteiger partial charge in [-0.2, -0.15) is 4.98 Å². The van der Waals surface area contributed by atoms with Crippen LogP contribution >= 0.6 is 0 Å². The molecule has 4 aromatic rings. The second-order valence-electron chi connectivity index (χ2n) is 8.68. The Morgan fingerprint density at radius 1 is 1.12 bits per heavy atom. The van der Waals surface area contributed by atoms with Gasteiger partial charge in [0.05, 0.1) is 11.9 Å². The fourth-order valence-electron chi connectivity index (χ4n) is 4.34. The molecule has 8 heteroatoms. The van der Waals surface area contributed by atoms with E-state index in [4.69, 9.17) is 10.1 Å². The minimum Gasteiger partial charge on any atom is -0.348 e. The van der Waals surface area contributed by atoms with Crippen LogP contribution in [0.25, 0.3) is 22.6 Å². The van der Waals surface area contributed by atoms with Gasteiger partial charge in [-0.25, -0.2) is 9.67 Å². The first-order chi connectivity index (χ1) is 16.1. The molecule has 0 unspecified atom stereocenters. The summed E-state index contributed by atoms with van der Waals surface area (Å²) in [5, 5.41) is 11.0. The molecule has 2 aromatic heterocycles. The van der Waals surface area contributed by atoms with Gasteiger partial charge < -0.3 is 15.6 Å². The Hall–Kier alpha value is -3.94. The number of anilines is 2. The van der Waals surface area contributed by atoms with E-state index in [2.05, 4.69) is 32.7 Å². The van der Waals surface area contributed by atoms with Crippen molar-refractivity contribution >= 4 is 17.5 Å². The highest BCUT2D eigenvalue weighted by atomic mass is 16.1. The van der Waals surface area contributed by atoms with Crippen LogP contribution in [-0.4, -0.2) is 30.6 Å². The summed E-state index contributed by atoms with van der Waals surface area (Å²) in [6.45, 7) is 5.32. The minimum atomic E-state index is -0.0130. The number of imidazole rings is 1. The van der Waals surface area contributed by atoms with Gasteiger partial charge in [-0.15, -0.1) is 5.10 Å². The molecule has 6 rings (SSSR count). The van der Waals surface area contributed by atoms with Gasteiger partial charge in [-0.3, -0.25) is 4.79 Å². The number of hydrogen-bond donors (Lipinski definition) is 3. The standard InChI is InChI=1S/C25H25N7O/c1-3-32-25(29-20-11-10-18-19(14(20)2)12-27-24(18)33)30-23(31-32)17-6-4-15(5-7-17)21-13-26-22(28-21)16-8-9-16/h4-7,10-11,13,16H,3,8-9,12H2,1-2H3,(H,26,28)(H,27,33)(H,29,30,31). The lowest BCUT2D eigenvalue weighted by Crippen LogP contribution is -2.12. The van der Waals surface area contributed by atoms with Gasteiger partial charge in [0.15, 0.2) is 5.82 Å². The molecule has 33 heavy (non-hydrogen) atoms. The first-order valence-electron chi connectivity index (χ1n) is 11.4. The van der Waals surface area contributed by atoms with Crippen molar-refractivity contribution in [3.63, 3.8) is 0 Å². The van der Waals surface area contributed by atoms with Crippen molar-refractivity contribution in [1.82, 2.24) is 30.0 Å². The maximum atomic E-state index is 11.9. The number of aromatic amines is 1. The van der Waals surface area contributed by atoms with Gasteiger partial charge in [-0.05, 0) is 55.5 Å². The summed E-state index contributed by atoms with van der Waals surface area (Å²) in [7, 11) is 0. The predicted octanol–water partition coefficient (Wildman–Crippen LogP) is 4.53. The van der Waals surface area contributed by atoms with Crippen molar-refractivity contribution in [1.29, 1.82) is 0 Å². The molecular weight excluding hydrogens is 414 g/mol. The minimum absolute atomic E-state index is 0.0130. The molecule has 1 saturated carbocycles. The largest absolute Gasteiger partial charge is 0.348 e. The number of amides is 1. The summed E-state index contributed by atoms with van der Waals surface area (Å²) in [6.07, 6.45) is 4.37. The maximum absolute atomic E-state index is 11.9. The zero-order valence-corrected chi connectivity index (χ0v) is 18.6. The third-order valence-corrected chi connectivity index (χ3v) is 6.50. The molecule has 2 aromatic carbocycles. The van der Waals surface area contributed by atoms with Crippen molar-refractivity contribution in [2.45, 2.75) is 45.7 Å². The number of fused-ring (bicyclic) bond motifs is 1. The smallest absolute Gasteiger partial charge is 0.251 e. The van der Waals surface area contributed by atoms with Crippen LogP contribution in [0.1, 0.15) is 53.0 Å². The van der Waals surface area contributed by atoms with Crippen LogP contribution in [-0.2, 0) is 13.1 Å². The lowest BCUT2D eigenvalue weighted by molar-refractivity contribution is 0.0966. The van der Waals surface area contributed by atoms with Crippen LogP contribution in [0, 0.1) is 6.92 Å². The number of aromatic nitrogens is 5. The van der Waals surface area contributed by atoms with Gasteiger partial charge in [-0.1, -0.05) is 24.3 Å². The van der Waals surface area contributed by atoms with E-state index >= 15 is 0 Å². The van der Waals surface area contributed by atoms with Gasteiger partial charge in [0.2, 0.25) is 5.95 Å². The summed E-state index contributed by atoms with van der Waals surface area (Å²) >= 11 is 0. The highest BCUT2D eigenvalue weighted by Gasteiger charge is 2.26. The zero-order valence-electron chi connectivity index (χ0n) is 18.6. The highest BCUT2D eigenvalue weighted by molar-refractivity contribution is 5.99. The van der Waals surface area contributed by atoms with Crippen LogP contribution in [0.5, 0.6) is 0 Å². The topological polar surface area (TPSA) is 101 Å². The predicted molar refractivity (Wildman–Crippen MR) is 126 cm³/mol. The van der Waals surface area contributed by atoms with Crippen LogP contribution in [0.3, 0.4) is 0 Å². The van der Waals surface area contributed by atoms with E-state index in [0.717, 1.165) is 45.0 Å². The van der Waals surface area contributed by atoms with Crippen LogP contribution in [0.4, 0.5) is 11.6 Å². The summed E-state index contributed by atoms with van der Waals surface area (Å²) < 4.78 is 1.86. The van der Waals surface area contributed by atoms with Gasteiger partial charge >= 0.3 is 0 Å². The summed E-state index contributed by atoms with van der Waals surface area (Å²) in [5.41, 5.74) is 6.86. The molecule has 1 fully saturated rings. The molecule has 8 nitrogen and oxygen atoms in total. The average molecular weight is 440 g/mol. The number of carbonyl (C=O) groups is 1. The Balaban J connectivity index is 1.26. The fourth-order valence-corrected chi connectivity index (χ4v) is 4.34. The fraction of sp³-hybridized carbons (Fsp3) is 0.280. The van der Waals surface area contributed by atoms with Gasteiger partial charge in [0.25, 0.3) is 5.91 Å². The van der Waals surface area contributed by atoms with Crippen molar-refractivity contribution in [3.8, 4) is 22.6 Å². The normalized spacial score (nSPS) is 14.9. The van der Waals surface area contributed by atoms with Crippen molar-refractivity contribution in [2.24, 2.45) is 0 Å². The molecule has 0 saturated heterocycles. The van der Waals surface area contributed by atoms with E-state index in [-0.39, 0.29) is 5.91 Å². The van der Waals surface area contributed by atoms with Gasteiger partial charge in [0.1, 0.15) is 5.82 Å². The maximum Gasteiger partial charge on any atom is 0.251 e. The van der Waals surface area contributed by atoms with E-state index in [9.17, 15) is 4.79 Å². The van der Waals surface area contributed by atoms with Crippen molar-refractivity contribution in [3.05, 3.63) is 65.1 Å². The van der Waals surface area contributed by atoms with Crippen LogP contribution in [0.15, 0.2) is 42.6 Å². The van der Waals surface area contributed by atoms with E-state index in [1.165, 1.54) is 12.8 Å². The molecule has 1 aliphatic carbocycles. The monoisotopic (exact) mass is 439 g/mol. The van der Waals surface area contributed by atoms with E-state index in [1.54, 1.807) is 0 Å². The number of rotatable bonds is 6. The Morgan fingerprint density at radius 2 is 1.91 bits per heavy atom. The number of aryl methyl sites for hydroxylation is 1. The first kappa shape index (κ1) is 19.7. The number of H-pyrrole nitrogens is 1. The number of nitrogens with one attached hydrogen (secondary N) is 3.